The van der Waals surface area contributed by atoms with Gasteiger partial charge >= 0.3 is 5.97 Å². The van der Waals surface area contributed by atoms with Gasteiger partial charge in [0.1, 0.15) is 6.04 Å². The minimum atomic E-state index is -3.73. The number of aliphatic carboxylic acids is 1. The van der Waals surface area contributed by atoms with Crippen molar-refractivity contribution in [3.63, 3.8) is 0 Å². The van der Waals surface area contributed by atoms with Gasteiger partial charge in [0.15, 0.2) is 0 Å². The van der Waals surface area contributed by atoms with Gasteiger partial charge in [-0.25, -0.2) is 0 Å². The molecule has 0 aliphatic heterocycles. The van der Waals surface area contributed by atoms with E-state index in [0.29, 0.717) is 24.3 Å². The van der Waals surface area contributed by atoms with Gasteiger partial charge in [-0.15, -0.1) is 0 Å². The number of carboxylic acid groups (broad SMARTS) is 1. The van der Waals surface area contributed by atoms with Crippen LogP contribution in [-0.4, -0.2) is 43.1 Å². The van der Waals surface area contributed by atoms with Gasteiger partial charge in [0.05, 0.1) is 11.0 Å². The molecule has 2 atom stereocenters. The molecule has 0 radical (unpaired) electrons. The molecule has 0 saturated heterocycles. The first-order valence-electron chi connectivity index (χ1n) is 6.87. The summed E-state index contributed by atoms with van der Waals surface area (Å²) in [6, 6.07) is 7.15. The number of carboxylic acids is 1. The largest absolute Gasteiger partial charge is 0.480 e. The second-order valence-corrected chi connectivity index (χ2v) is 7.61. The molecule has 0 bridgehead atoms. The van der Waals surface area contributed by atoms with Crippen LogP contribution >= 0.6 is 11.8 Å². The van der Waals surface area contributed by atoms with Crippen molar-refractivity contribution in [1.82, 2.24) is 0 Å². The Morgan fingerprint density at radius 2 is 1.86 bits per heavy atom. The zero-order valence-corrected chi connectivity index (χ0v) is 14.0. The van der Waals surface area contributed by atoms with Gasteiger partial charge in [-0.3, -0.25) is 8.98 Å². The van der Waals surface area contributed by atoms with E-state index in [1.807, 2.05) is 0 Å². The van der Waals surface area contributed by atoms with Gasteiger partial charge in [-0.05, 0) is 43.4 Å². The molecular weight excluding hydrogens is 326 g/mol. The van der Waals surface area contributed by atoms with Crippen molar-refractivity contribution in [2.24, 2.45) is 5.73 Å². The van der Waals surface area contributed by atoms with Gasteiger partial charge in [-0.2, -0.15) is 20.2 Å². The SMILES string of the molecule is CC(CCSCC[C@H](N)C(=O)O)OS(=O)(=O)c1ccccc1. The third-order valence-corrected chi connectivity index (χ3v) is 5.36. The molecule has 1 aromatic rings. The van der Waals surface area contributed by atoms with Crippen molar-refractivity contribution in [3.8, 4) is 0 Å². The fourth-order valence-electron chi connectivity index (χ4n) is 1.59. The lowest BCUT2D eigenvalue weighted by Gasteiger charge is -2.13. The number of nitrogens with two attached hydrogens (primary N) is 1. The third-order valence-electron chi connectivity index (χ3n) is 2.88. The molecule has 22 heavy (non-hydrogen) atoms. The Hall–Kier alpha value is -1.09. The quantitative estimate of drug-likeness (QED) is 0.490. The van der Waals surface area contributed by atoms with E-state index in [2.05, 4.69) is 0 Å². The normalized spacial score (nSPS) is 14.5. The smallest absolute Gasteiger partial charge is 0.320 e. The van der Waals surface area contributed by atoms with E-state index in [-0.39, 0.29) is 4.90 Å². The Morgan fingerprint density at radius 3 is 2.45 bits per heavy atom. The van der Waals surface area contributed by atoms with Crippen molar-refractivity contribution in [2.75, 3.05) is 11.5 Å². The number of hydrogen-bond donors (Lipinski definition) is 2. The van der Waals surface area contributed by atoms with Crippen LogP contribution in [-0.2, 0) is 19.1 Å². The first-order chi connectivity index (χ1) is 10.3. The summed E-state index contributed by atoms with van der Waals surface area (Å²) in [5, 5.41) is 8.64. The fourth-order valence-corrected chi connectivity index (χ4v) is 3.85. The summed E-state index contributed by atoms with van der Waals surface area (Å²) in [6.07, 6.45) is 0.502. The van der Waals surface area contributed by atoms with E-state index in [1.165, 1.54) is 23.9 Å². The lowest BCUT2D eigenvalue weighted by molar-refractivity contribution is -0.138. The Balaban J connectivity index is 2.29. The molecule has 6 nitrogen and oxygen atoms in total. The second kappa shape index (κ2) is 9.14. The van der Waals surface area contributed by atoms with Gasteiger partial charge in [0, 0.05) is 0 Å². The number of benzene rings is 1. The molecule has 1 rings (SSSR count). The van der Waals surface area contributed by atoms with Gasteiger partial charge in [0.25, 0.3) is 10.1 Å². The zero-order valence-electron chi connectivity index (χ0n) is 12.3. The molecule has 0 amide bonds. The first-order valence-corrected chi connectivity index (χ1v) is 9.43. The zero-order chi connectivity index (χ0) is 16.6. The van der Waals surface area contributed by atoms with E-state index in [1.54, 1.807) is 25.1 Å². The van der Waals surface area contributed by atoms with Crippen molar-refractivity contribution in [3.05, 3.63) is 30.3 Å². The Bertz CT molecular complexity index is 562. The molecule has 124 valence electrons. The molecule has 0 fully saturated rings. The molecule has 1 aromatic carbocycles. The average molecular weight is 347 g/mol. The molecular formula is C14H21NO5S2. The fraction of sp³-hybridized carbons (Fsp3) is 0.500. The van der Waals surface area contributed by atoms with Crippen LogP contribution in [0.1, 0.15) is 19.8 Å². The number of hydrogen-bond acceptors (Lipinski definition) is 6. The Labute approximate surface area is 135 Å². The van der Waals surface area contributed by atoms with Gasteiger partial charge in [-0.1, -0.05) is 18.2 Å². The highest BCUT2D eigenvalue weighted by Crippen LogP contribution is 2.16. The highest BCUT2D eigenvalue weighted by molar-refractivity contribution is 7.99. The molecule has 0 aliphatic carbocycles. The van der Waals surface area contributed by atoms with Crippen LogP contribution in [0.25, 0.3) is 0 Å². The lowest BCUT2D eigenvalue weighted by Crippen LogP contribution is -2.30. The second-order valence-electron chi connectivity index (χ2n) is 4.81. The summed E-state index contributed by atoms with van der Waals surface area (Å²) in [7, 11) is -3.73. The van der Waals surface area contributed by atoms with E-state index >= 15 is 0 Å². The topological polar surface area (TPSA) is 107 Å². The molecule has 0 aromatic heterocycles. The van der Waals surface area contributed by atoms with Crippen LogP contribution in [0.15, 0.2) is 35.2 Å². The van der Waals surface area contributed by atoms with Crippen LogP contribution in [0.3, 0.4) is 0 Å². The summed E-state index contributed by atoms with van der Waals surface area (Å²) in [5.41, 5.74) is 5.39. The van der Waals surface area contributed by atoms with Crippen molar-refractivity contribution in [1.29, 1.82) is 0 Å². The minimum Gasteiger partial charge on any atom is -0.480 e. The molecule has 8 heteroatoms. The number of carbonyl (C=O) groups is 1. The van der Waals surface area contributed by atoms with Crippen LogP contribution in [0.2, 0.25) is 0 Å². The first kappa shape index (κ1) is 19.0. The third kappa shape index (κ3) is 6.78. The summed E-state index contributed by atoms with van der Waals surface area (Å²) in [5.74, 6) is 0.287. The highest BCUT2D eigenvalue weighted by Gasteiger charge is 2.18. The Morgan fingerprint density at radius 1 is 1.27 bits per heavy atom. The highest BCUT2D eigenvalue weighted by atomic mass is 32.2. The standard InChI is InChI=1S/C14H21NO5S2/c1-11(7-9-21-10-8-13(15)14(16)17)20-22(18,19)12-5-3-2-4-6-12/h2-6,11,13H,7-10,15H2,1H3,(H,16,17)/t11?,13-/m0/s1. The van der Waals surface area contributed by atoms with Gasteiger partial charge < -0.3 is 10.8 Å². The van der Waals surface area contributed by atoms with Crippen LogP contribution in [0.4, 0.5) is 0 Å². The van der Waals surface area contributed by atoms with Crippen LogP contribution < -0.4 is 5.73 Å². The summed E-state index contributed by atoms with van der Waals surface area (Å²) < 4.78 is 29.1. The molecule has 0 aliphatic rings. The minimum absolute atomic E-state index is 0.141. The maximum absolute atomic E-state index is 12.0. The van der Waals surface area contributed by atoms with Crippen molar-refractivity contribution >= 4 is 27.8 Å². The number of rotatable bonds is 10. The predicted molar refractivity (Wildman–Crippen MR) is 86.3 cm³/mol. The number of thioether (sulfide) groups is 1. The van der Waals surface area contributed by atoms with E-state index in [9.17, 15) is 13.2 Å². The van der Waals surface area contributed by atoms with E-state index in [0.717, 1.165) is 0 Å². The predicted octanol–water partition coefficient (Wildman–Crippen LogP) is 1.71. The average Bonchev–Trinajstić information content (AvgIpc) is 2.47. The molecule has 3 N–H and O–H groups in total. The maximum Gasteiger partial charge on any atom is 0.320 e. The Kier molecular flexibility index (Phi) is 7.88. The van der Waals surface area contributed by atoms with E-state index < -0.39 is 28.2 Å². The summed E-state index contributed by atoms with van der Waals surface area (Å²) >= 11 is 1.53. The monoisotopic (exact) mass is 347 g/mol. The molecule has 0 heterocycles. The lowest BCUT2D eigenvalue weighted by atomic mass is 10.2. The van der Waals surface area contributed by atoms with Crippen molar-refractivity contribution < 1.29 is 22.5 Å². The van der Waals surface area contributed by atoms with Crippen LogP contribution in [0.5, 0.6) is 0 Å². The van der Waals surface area contributed by atoms with Crippen LogP contribution in [0, 0.1) is 0 Å². The molecule has 1 unspecified atom stereocenters. The summed E-state index contributed by atoms with van der Waals surface area (Å²) in [6.45, 7) is 1.70. The molecule has 0 spiro atoms. The molecule has 0 saturated carbocycles. The summed E-state index contributed by atoms with van der Waals surface area (Å²) in [4.78, 5) is 10.7. The van der Waals surface area contributed by atoms with Crippen molar-refractivity contribution in [2.45, 2.75) is 36.8 Å². The van der Waals surface area contributed by atoms with E-state index in [4.69, 9.17) is 15.0 Å². The maximum atomic E-state index is 12.0. The van der Waals surface area contributed by atoms with Gasteiger partial charge in [0.2, 0.25) is 0 Å².